The lowest BCUT2D eigenvalue weighted by Gasteiger charge is -2.11. The summed E-state index contributed by atoms with van der Waals surface area (Å²) in [6.07, 6.45) is 0.256. The average Bonchev–Trinajstić information content (AvgIpc) is 2.29. The molecular weight excluding hydrogens is 216 g/mol. The van der Waals surface area contributed by atoms with Crippen LogP contribution in [0.5, 0.6) is 0 Å². The molecule has 0 aromatic heterocycles. The molecule has 1 aromatic carbocycles. The van der Waals surface area contributed by atoms with Gasteiger partial charge in [0.25, 0.3) is 0 Å². The van der Waals surface area contributed by atoms with Gasteiger partial charge >= 0.3 is 6.03 Å². The molecule has 1 unspecified atom stereocenters. The SMILES string of the molecule is CC(CC#N)NC(=O)Nc1cccc(C#N)c1. The molecule has 0 fully saturated rings. The van der Waals surface area contributed by atoms with Crippen LogP contribution in [0.3, 0.4) is 0 Å². The fourth-order valence-electron chi connectivity index (χ4n) is 1.25. The van der Waals surface area contributed by atoms with Crippen molar-refractivity contribution in [1.82, 2.24) is 5.32 Å². The monoisotopic (exact) mass is 228 g/mol. The molecule has 0 radical (unpaired) electrons. The maximum Gasteiger partial charge on any atom is 0.319 e. The molecule has 86 valence electrons. The van der Waals surface area contributed by atoms with Crippen molar-refractivity contribution in [2.45, 2.75) is 19.4 Å². The number of hydrogen-bond donors (Lipinski definition) is 2. The van der Waals surface area contributed by atoms with Crippen molar-refractivity contribution in [3.05, 3.63) is 29.8 Å². The Balaban J connectivity index is 2.57. The first-order valence-electron chi connectivity index (χ1n) is 5.10. The first kappa shape index (κ1) is 12.5. The number of nitrogens with zero attached hydrogens (tertiary/aromatic N) is 2. The Morgan fingerprint density at radius 3 is 2.88 bits per heavy atom. The molecule has 5 nitrogen and oxygen atoms in total. The van der Waals surface area contributed by atoms with Crippen LogP contribution in [0.1, 0.15) is 18.9 Å². The Kier molecular flexibility index (Phi) is 4.53. The maximum atomic E-state index is 11.5. The van der Waals surface area contributed by atoms with E-state index in [1.807, 2.05) is 12.1 Å². The van der Waals surface area contributed by atoms with Gasteiger partial charge in [0.2, 0.25) is 0 Å². The Bertz CT molecular complexity index is 484. The number of carbonyl (C=O) groups is 1. The highest BCUT2D eigenvalue weighted by Gasteiger charge is 2.06. The topological polar surface area (TPSA) is 88.7 Å². The van der Waals surface area contributed by atoms with Crippen molar-refractivity contribution >= 4 is 11.7 Å². The molecule has 0 saturated heterocycles. The van der Waals surface area contributed by atoms with Gasteiger partial charge in [-0.05, 0) is 25.1 Å². The molecule has 17 heavy (non-hydrogen) atoms. The van der Waals surface area contributed by atoms with Gasteiger partial charge in [-0.2, -0.15) is 10.5 Å². The van der Waals surface area contributed by atoms with Crippen LogP contribution < -0.4 is 10.6 Å². The lowest BCUT2D eigenvalue weighted by atomic mass is 10.2. The van der Waals surface area contributed by atoms with Crippen LogP contribution in [-0.4, -0.2) is 12.1 Å². The van der Waals surface area contributed by atoms with Crippen molar-refractivity contribution in [2.24, 2.45) is 0 Å². The number of amides is 2. The molecule has 0 spiro atoms. The number of nitriles is 2. The summed E-state index contributed by atoms with van der Waals surface area (Å²) < 4.78 is 0. The molecule has 1 atom stereocenters. The van der Waals surface area contributed by atoms with Gasteiger partial charge < -0.3 is 10.6 Å². The van der Waals surface area contributed by atoms with Crippen molar-refractivity contribution in [1.29, 1.82) is 10.5 Å². The standard InChI is InChI=1S/C12H12N4O/c1-9(5-6-13)15-12(17)16-11-4-2-3-10(7-11)8-14/h2-4,7,9H,5H2,1H3,(H2,15,16,17). The highest BCUT2D eigenvalue weighted by atomic mass is 16.2. The van der Waals surface area contributed by atoms with Crippen LogP contribution in [-0.2, 0) is 0 Å². The molecular formula is C12H12N4O. The zero-order valence-corrected chi connectivity index (χ0v) is 9.40. The van der Waals surface area contributed by atoms with Gasteiger partial charge in [-0.1, -0.05) is 6.07 Å². The summed E-state index contributed by atoms with van der Waals surface area (Å²) >= 11 is 0. The summed E-state index contributed by atoms with van der Waals surface area (Å²) in [4.78, 5) is 11.5. The highest BCUT2D eigenvalue weighted by molar-refractivity contribution is 5.89. The van der Waals surface area contributed by atoms with Gasteiger partial charge in [-0.15, -0.1) is 0 Å². The molecule has 2 N–H and O–H groups in total. The fourth-order valence-corrected chi connectivity index (χ4v) is 1.25. The molecule has 2 amide bonds. The largest absolute Gasteiger partial charge is 0.334 e. The Hall–Kier alpha value is -2.53. The van der Waals surface area contributed by atoms with E-state index in [0.717, 1.165) is 0 Å². The summed E-state index contributed by atoms with van der Waals surface area (Å²) in [5.74, 6) is 0. The van der Waals surface area contributed by atoms with Crippen molar-refractivity contribution in [2.75, 3.05) is 5.32 Å². The third-order valence-corrected chi connectivity index (χ3v) is 2.02. The number of rotatable bonds is 3. The van der Waals surface area contributed by atoms with E-state index in [9.17, 15) is 4.79 Å². The van der Waals surface area contributed by atoms with Crippen LogP contribution in [0.15, 0.2) is 24.3 Å². The smallest absolute Gasteiger partial charge is 0.319 e. The highest BCUT2D eigenvalue weighted by Crippen LogP contribution is 2.09. The van der Waals surface area contributed by atoms with E-state index in [1.165, 1.54) is 0 Å². The Morgan fingerprint density at radius 2 is 2.24 bits per heavy atom. The van der Waals surface area contributed by atoms with Crippen LogP contribution in [0, 0.1) is 22.7 Å². The second-order valence-electron chi connectivity index (χ2n) is 3.55. The first-order valence-corrected chi connectivity index (χ1v) is 5.10. The normalized spacial score (nSPS) is 10.8. The number of hydrogen-bond acceptors (Lipinski definition) is 3. The van der Waals surface area contributed by atoms with E-state index in [-0.39, 0.29) is 18.5 Å². The quantitative estimate of drug-likeness (QED) is 0.828. The van der Waals surface area contributed by atoms with Gasteiger partial charge in [-0.3, -0.25) is 0 Å². The Morgan fingerprint density at radius 1 is 1.47 bits per heavy atom. The maximum absolute atomic E-state index is 11.5. The van der Waals surface area contributed by atoms with Gasteiger partial charge in [0.15, 0.2) is 0 Å². The minimum absolute atomic E-state index is 0.209. The van der Waals surface area contributed by atoms with Crippen LogP contribution in [0.2, 0.25) is 0 Å². The predicted octanol–water partition coefficient (Wildman–Crippen LogP) is 1.98. The van der Waals surface area contributed by atoms with Gasteiger partial charge in [0.1, 0.15) is 0 Å². The Labute approximate surface area is 99.7 Å². The van der Waals surface area contributed by atoms with Crippen LogP contribution in [0.4, 0.5) is 10.5 Å². The molecule has 0 bridgehead atoms. The third-order valence-electron chi connectivity index (χ3n) is 2.02. The first-order chi connectivity index (χ1) is 8.15. The summed E-state index contributed by atoms with van der Waals surface area (Å²) in [7, 11) is 0. The van der Waals surface area contributed by atoms with Gasteiger partial charge in [0, 0.05) is 11.7 Å². The van der Waals surface area contributed by atoms with Crippen molar-refractivity contribution in [3.8, 4) is 12.1 Å². The minimum Gasteiger partial charge on any atom is -0.334 e. The lowest BCUT2D eigenvalue weighted by Crippen LogP contribution is -2.35. The summed E-state index contributed by atoms with van der Waals surface area (Å²) in [5, 5.41) is 22.4. The third kappa shape index (κ3) is 4.23. The van der Waals surface area contributed by atoms with Gasteiger partial charge in [-0.25, -0.2) is 4.79 Å². The average molecular weight is 228 g/mol. The minimum atomic E-state index is -0.386. The predicted molar refractivity (Wildman–Crippen MR) is 63.0 cm³/mol. The van der Waals surface area contributed by atoms with Gasteiger partial charge in [0.05, 0.1) is 24.1 Å². The summed E-state index contributed by atoms with van der Waals surface area (Å²) in [6.45, 7) is 1.74. The van der Waals surface area contributed by atoms with E-state index in [1.54, 1.807) is 31.2 Å². The zero-order chi connectivity index (χ0) is 12.7. The number of urea groups is 1. The second-order valence-corrected chi connectivity index (χ2v) is 3.55. The summed E-state index contributed by atoms with van der Waals surface area (Å²) in [5.41, 5.74) is 1.03. The molecule has 0 saturated carbocycles. The zero-order valence-electron chi connectivity index (χ0n) is 9.40. The molecule has 1 aromatic rings. The fraction of sp³-hybridized carbons (Fsp3) is 0.250. The van der Waals surface area contributed by atoms with E-state index in [4.69, 9.17) is 10.5 Å². The van der Waals surface area contributed by atoms with E-state index in [2.05, 4.69) is 10.6 Å². The van der Waals surface area contributed by atoms with E-state index >= 15 is 0 Å². The molecule has 5 heteroatoms. The van der Waals surface area contributed by atoms with Crippen molar-refractivity contribution in [3.63, 3.8) is 0 Å². The molecule has 0 aliphatic heterocycles. The lowest BCUT2D eigenvalue weighted by molar-refractivity contribution is 0.249. The number of carbonyl (C=O) groups excluding carboxylic acids is 1. The van der Waals surface area contributed by atoms with Crippen LogP contribution in [0.25, 0.3) is 0 Å². The summed E-state index contributed by atoms with van der Waals surface area (Å²) in [6, 6.07) is 9.97. The van der Waals surface area contributed by atoms with Crippen molar-refractivity contribution < 1.29 is 4.79 Å². The molecule has 0 aliphatic rings. The molecule has 1 rings (SSSR count). The second kappa shape index (κ2) is 6.14. The molecule has 0 aliphatic carbocycles. The van der Waals surface area contributed by atoms with E-state index < -0.39 is 0 Å². The number of benzene rings is 1. The van der Waals surface area contributed by atoms with E-state index in [0.29, 0.717) is 11.3 Å². The van der Waals surface area contributed by atoms with Crippen LogP contribution >= 0.6 is 0 Å². The number of anilines is 1. The molecule has 0 heterocycles. The number of nitrogens with one attached hydrogen (secondary N) is 2.